The molecule has 2 rings (SSSR count). The standard InChI is InChI=1S/C19H29N5.HI/c1-4-6-12-23(3)19(21-5-2)22-14-17-7-9-18(10-8-17)15-24-13-11-20-16-24;/h7-11,13,16H,4-6,12,14-15H2,1-3H3,(H,21,22);1H. The van der Waals surface area contributed by atoms with Crippen LogP contribution < -0.4 is 5.32 Å². The number of nitrogens with zero attached hydrogens (tertiary/aromatic N) is 4. The van der Waals surface area contributed by atoms with E-state index >= 15 is 0 Å². The molecule has 2 aromatic rings. The minimum absolute atomic E-state index is 0. The average Bonchev–Trinajstić information content (AvgIpc) is 3.10. The Balaban J connectivity index is 0.00000312. The zero-order valence-electron chi connectivity index (χ0n) is 15.5. The Bertz CT molecular complexity index is 607. The second-order valence-electron chi connectivity index (χ2n) is 6.00. The lowest BCUT2D eigenvalue weighted by Crippen LogP contribution is -2.39. The van der Waals surface area contributed by atoms with Crippen molar-refractivity contribution in [2.45, 2.75) is 39.8 Å². The summed E-state index contributed by atoms with van der Waals surface area (Å²) in [7, 11) is 2.10. The monoisotopic (exact) mass is 455 g/mol. The number of aliphatic imine (C=N–C) groups is 1. The van der Waals surface area contributed by atoms with Crippen molar-refractivity contribution < 1.29 is 0 Å². The molecule has 5 nitrogen and oxygen atoms in total. The first-order valence-electron chi connectivity index (χ1n) is 8.76. The first-order valence-corrected chi connectivity index (χ1v) is 8.76. The van der Waals surface area contributed by atoms with E-state index in [4.69, 9.17) is 4.99 Å². The maximum atomic E-state index is 4.76. The molecule has 0 aliphatic heterocycles. The normalized spacial score (nSPS) is 11.1. The van der Waals surface area contributed by atoms with E-state index < -0.39 is 0 Å². The van der Waals surface area contributed by atoms with E-state index in [9.17, 15) is 0 Å². The molecule has 0 unspecified atom stereocenters. The number of benzene rings is 1. The summed E-state index contributed by atoms with van der Waals surface area (Å²) in [5.74, 6) is 0.980. The van der Waals surface area contributed by atoms with Gasteiger partial charge in [0.25, 0.3) is 0 Å². The molecular weight excluding hydrogens is 425 g/mol. The number of nitrogens with one attached hydrogen (secondary N) is 1. The number of guanidine groups is 1. The predicted molar refractivity (Wildman–Crippen MR) is 116 cm³/mol. The van der Waals surface area contributed by atoms with Crippen molar-refractivity contribution >= 4 is 29.9 Å². The van der Waals surface area contributed by atoms with Crippen LogP contribution in [0.15, 0.2) is 48.0 Å². The number of aromatic nitrogens is 2. The van der Waals surface area contributed by atoms with Crippen LogP contribution in [-0.2, 0) is 13.1 Å². The summed E-state index contributed by atoms with van der Waals surface area (Å²) in [6, 6.07) is 8.65. The van der Waals surface area contributed by atoms with Gasteiger partial charge in [0.1, 0.15) is 0 Å². The van der Waals surface area contributed by atoms with E-state index in [0.717, 1.165) is 25.6 Å². The lowest BCUT2D eigenvalue weighted by molar-refractivity contribution is 0.465. The molecule has 0 saturated carbocycles. The van der Waals surface area contributed by atoms with Gasteiger partial charge < -0.3 is 14.8 Å². The molecule has 0 fully saturated rings. The number of unbranched alkanes of at least 4 members (excludes halogenated alkanes) is 1. The van der Waals surface area contributed by atoms with Gasteiger partial charge in [0.2, 0.25) is 0 Å². The average molecular weight is 455 g/mol. The van der Waals surface area contributed by atoms with Crippen LogP contribution >= 0.6 is 24.0 Å². The van der Waals surface area contributed by atoms with Crippen LogP contribution in [0.2, 0.25) is 0 Å². The molecule has 138 valence electrons. The highest BCUT2D eigenvalue weighted by Crippen LogP contribution is 2.08. The van der Waals surface area contributed by atoms with Gasteiger partial charge in [-0.15, -0.1) is 24.0 Å². The first kappa shape index (κ1) is 21.5. The first-order chi connectivity index (χ1) is 11.7. The summed E-state index contributed by atoms with van der Waals surface area (Å²) in [5, 5.41) is 3.37. The number of halogens is 1. The van der Waals surface area contributed by atoms with E-state index in [0.29, 0.717) is 6.54 Å². The Hall–Kier alpha value is -1.57. The fourth-order valence-corrected chi connectivity index (χ4v) is 2.48. The van der Waals surface area contributed by atoms with Gasteiger partial charge in [-0.05, 0) is 24.5 Å². The molecule has 0 saturated heterocycles. The lowest BCUT2D eigenvalue weighted by atomic mass is 10.1. The maximum Gasteiger partial charge on any atom is 0.193 e. The largest absolute Gasteiger partial charge is 0.357 e. The fourth-order valence-electron chi connectivity index (χ4n) is 2.48. The van der Waals surface area contributed by atoms with Crippen molar-refractivity contribution in [3.8, 4) is 0 Å². The second-order valence-corrected chi connectivity index (χ2v) is 6.00. The Labute approximate surface area is 168 Å². The fraction of sp³-hybridized carbons (Fsp3) is 0.474. The molecule has 1 aromatic carbocycles. The minimum Gasteiger partial charge on any atom is -0.357 e. The van der Waals surface area contributed by atoms with E-state index in [2.05, 4.69) is 64.9 Å². The van der Waals surface area contributed by atoms with Crippen LogP contribution in [-0.4, -0.2) is 40.5 Å². The minimum atomic E-state index is 0. The Kier molecular flexibility index (Phi) is 10.2. The molecule has 1 heterocycles. The van der Waals surface area contributed by atoms with E-state index in [-0.39, 0.29) is 24.0 Å². The van der Waals surface area contributed by atoms with Crippen LogP contribution in [0.3, 0.4) is 0 Å². The Morgan fingerprint density at radius 1 is 1.20 bits per heavy atom. The third-order valence-electron chi connectivity index (χ3n) is 3.90. The molecule has 0 bridgehead atoms. The summed E-state index contributed by atoms with van der Waals surface area (Å²) in [6.45, 7) is 7.79. The third kappa shape index (κ3) is 7.46. The van der Waals surface area contributed by atoms with Crippen LogP contribution in [0.5, 0.6) is 0 Å². The van der Waals surface area contributed by atoms with Crippen molar-refractivity contribution in [3.63, 3.8) is 0 Å². The number of imidazole rings is 1. The maximum absolute atomic E-state index is 4.76. The number of hydrogen-bond acceptors (Lipinski definition) is 2. The van der Waals surface area contributed by atoms with Crippen LogP contribution in [0, 0.1) is 0 Å². The molecular formula is C19H30IN5. The molecule has 0 atom stereocenters. The van der Waals surface area contributed by atoms with Crippen molar-refractivity contribution in [2.24, 2.45) is 4.99 Å². The van der Waals surface area contributed by atoms with E-state index in [1.165, 1.54) is 24.0 Å². The molecule has 6 heteroatoms. The quantitative estimate of drug-likeness (QED) is 0.375. The summed E-state index contributed by atoms with van der Waals surface area (Å²) >= 11 is 0. The van der Waals surface area contributed by atoms with Gasteiger partial charge in [-0.3, -0.25) is 0 Å². The van der Waals surface area contributed by atoms with Gasteiger partial charge >= 0.3 is 0 Å². The SMILES string of the molecule is CCCCN(C)C(=NCc1ccc(Cn2ccnc2)cc1)NCC.I. The highest BCUT2D eigenvalue weighted by Gasteiger charge is 2.04. The van der Waals surface area contributed by atoms with E-state index in [1.54, 1.807) is 6.20 Å². The molecule has 0 aliphatic carbocycles. The molecule has 1 aromatic heterocycles. The topological polar surface area (TPSA) is 45.5 Å². The van der Waals surface area contributed by atoms with Crippen molar-refractivity contribution in [3.05, 3.63) is 54.1 Å². The van der Waals surface area contributed by atoms with Gasteiger partial charge in [-0.25, -0.2) is 9.98 Å². The van der Waals surface area contributed by atoms with Crippen LogP contribution in [0.1, 0.15) is 37.8 Å². The van der Waals surface area contributed by atoms with E-state index in [1.807, 2.05) is 12.5 Å². The second kappa shape index (κ2) is 11.9. The Morgan fingerprint density at radius 2 is 1.92 bits per heavy atom. The van der Waals surface area contributed by atoms with Crippen molar-refractivity contribution in [2.75, 3.05) is 20.1 Å². The summed E-state index contributed by atoms with van der Waals surface area (Å²) in [4.78, 5) is 11.0. The smallest absolute Gasteiger partial charge is 0.193 e. The van der Waals surface area contributed by atoms with Crippen LogP contribution in [0.4, 0.5) is 0 Å². The van der Waals surface area contributed by atoms with Crippen LogP contribution in [0.25, 0.3) is 0 Å². The number of rotatable bonds is 8. The number of hydrogen-bond donors (Lipinski definition) is 1. The highest BCUT2D eigenvalue weighted by molar-refractivity contribution is 14.0. The van der Waals surface area contributed by atoms with Crippen molar-refractivity contribution in [1.29, 1.82) is 0 Å². The summed E-state index contributed by atoms with van der Waals surface area (Å²) < 4.78 is 2.07. The molecule has 0 radical (unpaired) electrons. The van der Waals surface area contributed by atoms with Gasteiger partial charge in [0, 0.05) is 39.1 Å². The summed E-state index contributed by atoms with van der Waals surface area (Å²) in [5.41, 5.74) is 2.50. The van der Waals surface area contributed by atoms with Gasteiger partial charge in [-0.2, -0.15) is 0 Å². The molecule has 0 aliphatic rings. The zero-order valence-corrected chi connectivity index (χ0v) is 17.8. The van der Waals surface area contributed by atoms with Gasteiger partial charge in [0.15, 0.2) is 5.96 Å². The van der Waals surface area contributed by atoms with Gasteiger partial charge in [0.05, 0.1) is 12.9 Å². The molecule has 1 N–H and O–H groups in total. The molecule has 0 spiro atoms. The molecule has 25 heavy (non-hydrogen) atoms. The third-order valence-corrected chi connectivity index (χ3v) is 3.90. The Morgan fingerprint density at radius 3 is 2.52 bits per heavy atom. The molecule has 0 amide bonds. The predicted octanol–water partition coefficient (Wildman–Crippen LogP) is 3.75. The lowest BCUT2D eigenvalue weighted by Gasteiger charge is -2.21. The highest BCUT2D eigenvalue weighted by atomic mass is 127. The summed E-state index contributed by atoms with van der Waals surface area (Å²) in [6.07, 6.45) is 8.01. The zero-order chi connectivity index (χ0) is 17.2. The van der Waals surface area contributed by atoms with Crippen molar-refractivity contribution in [1.82, 2.24) is 19.8 Å². The van der Waals surface area contributed by atoms with Gasteiger partial charge in [-0.1, -0.05) is 37.6 Å².